The highest BCUT2D eigenvalue weighted by molar-refractivity contribution is 5.90. The summed E-state index contributed by atoms with van der Waals surface area (Å²) in [7, 11) is 4.83. The lowest BCUT2D eigenvalue weighted by molar-refractivity contribution is -0.115. The third-order valence-corrected chi connectivity index (χ3v) is 2.74. The van der Waals surface area contributed by atoms with Crippen molar-refractivity contribution < 1.29 is 14.3 Å². The van der Waals surface area contributed by atoms with E-state index in [1.165, 1.54) is 0 Å². The van der Waals surface area contributed by atoms with Gasteiger partial charge in [0.05, 0.1) is 26.3 Å². The Balaban J connectivity index is 0.00000242. The van der Waals surface area contributed by atoms with Gasteiger partial charge >= 0.3 is 0 Å². The number of hydrogen-bond acceptors (Lipinski definition) is 6. The number of halogens is 1. The maximum absolute atomic E-state index is 11.5. The topological polar surface area (TPSA) is 101 Å². The number of hydrogen-bond donors (Lipinski definition) is 3. The summed E-state index contributed by atoms with van der Waals surface area (Å²) in [4.78, 5) is 15.7. The third-order valence-electron chi connectivity index (χ3n) is 2.74. The number of nitrogens with one attached hydrogen (secondary N) is 3. The monoisotopic (exact) mass is 327 g/mol. The first-order valence-electron chi connectivity index (χ1n) is 6.27. The maximum Gasteiger partial charge on any atom is 0.249 e. The van der Waals surface area contributed by atoms with Gasteiger partial charge < -0.3 is 14.8 Å². The van der Waals surface area contributed by atoms with Crippen LogP contribution in [-0.4, -0.2) is 48.9 Å². The molecule has 0 fully saturated rings. The van der Waals surface area contributed by atoms with E-state index in [-0.39, 0.29) is 30.8 Å². The number of likely N-dealkylation sites (N-methyl/N-ethyl adjacent to an activating group) is 1. The maximum atomic E-state index is 11.5. The van der Waals surface area contributed by atoms with Crippen LogP contribution >= 0.6 is 12.4 Å². The Hall–Kier alpha value is -2.32. The second kappa shape index (κ2) is 8.20. The highest BCUT2D eigenvalue weighted by Crippen LogP contribution is 2.31. The van der Waals surface area contributed by atoms with Gasteiger partial charge in [0.15, 0.2) is 5.82 Å². The van der Waals surface area contributed by atoms with Crippen LogP contribution in [0.25, 0.3) is 11.4 Å². The van der Waals surface area contributed by atoms with Gasteiger partial charge in [-0.05, 0) is 19.2 Å². The molecule has 120 valence electrons. The molecule has 1 amide bonds. The van der Waals surface area contributed by atoms with Gasteiger partial charge in [-0.1, -0.05) is 0 Å². The molecule has 0 atom stereocenters. The normalized spacial score (nSPS) is 9.77. The number of carbonyl (C=O) groups excluding carboxylic acids is 1. The predicted molar refractivity (Wildman–Crippen MR) is 84.7 cm³/mol. The fraction of sp³-hybridized carbons (Fsp3) is 0.308. The van der Waals surface area contributed by atoms with E-state index in [1.807, 2.05) is 0 Å². The Labute approximate surface area is 134 Å². The molecule has 1 aromatic heterocycles. The summed E-state index contributed by atoms with van der Waals surface area (Å²) in [5.41, 5.74) is 0.722. The minimum atomic E-state index is -0.218. The number of amides is 1. The second-order valence-corrected chi connectivity index (χ2v) is 4.15. The van der Waals surface area contributed by atoms with E-state index in [1.54, 1.807) is 39.5 Å². The van der Waals surface area contributed by atoms with Gasteiger partial charge in [-0.15, -0.1) is 17.5 Å². The van der Waals surface area contributed by atoms with Crippen molar-refractivity contribution in [1.29, 1.82) is 0 Å². The van der Waals surface area contributed by atoms with E-state index in [0.717, 1.165) is 5.56 Å². The smallest absolute Gasteiger partial charge is 0.249 e. The minimum Gasteiger partial charge on any atom is -0.497 e. The van der Waals surface area contributed by atoms with Crippen molar-refractivity contribution in [3.63, 3.8) is 0 Å². The summed E-state index contributed by atoms with van der Waals surface area (Å²) in [6.45, 7) is 0.190. The summed E-state index contributed by atoms with van der Waals surface area (Å²) in [6, 6.07) is 5.34. The molecule has 2 aromatic rings. The standard InChI is InChI=1S/C13H17N5O3.ClH/c1-14-7-11(19)15-13-16-12(17-18-13)9-5-4-8(20-2)6-10(9)21-3;/h4-6,14H,7H2,1-3H3,(H2,15,16,17,18,19);1H. The van der Waals surface area contributed by atoms with Gasteiger partial charge in [0.2, 0.25) is 11.9 Å². The van der Waals surface area contributed by atoms with E-state index in [4.69, 9.17) is 9.47 Å². The fourth-order valence-corrected chi connectivity index (χ4v) is 1.76. The fourth-order valence-electron chi connectivity index (χ4n) is 1.76. The Bertz CT molecular complexity index is 632. The zero-order valence-electron chi connectivity index (χ0n) is 12.5. The SMILES string of the molecule is CNCC(=O)Nc1n[nH]c(-c2ccc(OC)cc2OC)n1.Cl. The van der Waals surface area contributed by atoms with E-state index in [0.29, 0.717) is 17.3 Å². The third kappa shape index (κ3) is 4.09. The first-order chi connectivity index (χ1) is 10.2. The molecule has 3 N–H and O–H groups in total. The van der Waals surface area contributed by atoms with Gasteiger partial charge in [-0.2, -0.15) is 4.98 Å². The van der Waals surface area contributed by atoms with Crippen LogP contribution in [0.15, 0.2) is 18.2 Å². The Morgan fingerprint density at radius 3 is 2.73 bits per heavy atom. The van der Waals surface area contributed by atoms with Crippen LogP contribution in [0.5, 0.6) is 11.5 Å². The van der Waals surface area contributed by atoms with Crippen molar-refractivity contribution in [1.82, 2.24) is 20.5 Å². The highest BCUT2D eigenvalue weighted by Gasteiger charge is 2.13. The Morgan fingerprint density at radius 1 is 1.32 bits per heavy atom. The number of carbonyl (C=O) groups is 1. The average molecular weight is 328 g/mol. The molecule has 0 aliphatic rings. The number of methoxy groups -OCH3 is 2. The lowest BCUT2D eigenvalue weighted by atomic mass is 10.2. The van der Waals surface area contributed by atoms with E-state index in [9.17, 15) is 4.79 Å². The minimum absolute atomic E-state index is 0. The molecular formula is C13H18ClN5O3. The van der Waals surface area contributed by atoms with Crippen LogP contribution in [0.4, 0.5) is 5.95 Å². The lowest BCUT2D eigenvalue weighted by Gasteiger charge is -2.07. The van der Waals surface area contributed by atoms with Crippen LogP contribution in [-0.2, 0) is 4.79 Å². The van der Waals surface area contributed by atoms with E-state index in [2.05, 4.69) is 25.8 Å². The molecule has 0 radical (unpaired) electrons. The van der Waals surface area contributed by atoms with Crippen molar-refractivity contribution in [3.8, 4) is 22.9 Å². The molecule has 0 aliphatic carbocycles. The summed E-state index contributed by atoms with van der Waals surface area (Å²) in [5, 5.41) is 12.0. The zero-order valence-corrected chi connectivity index (χ0v) is 13.3. The van der Waals surface area contributed by atoms with Crippen LogP contribution < -0.4 is 20.1 Å². The van der Waals surface area contributed by atoms with Crippen molar-refractivity contribution in [3.05, 3.63) is 18.2 Å². The summed E-state index contributed by atoms with van der Waals surface area (Å²) >= 11 is 0. The van der Waals surface area contributed by atoms with Crippen LogP contribution in [0.1, 0.15) is 0 Å². The van der Waals surface area contributed by atoms with Crippen molar-refractivity contribution in [2.75, 3.05) is 33.1 Å². The average Bonchev–Trinajstić information content (AvgIpc) is 2.94. The number of benzene rings is 1. The molecule has 0 unspecified atom stereocenters. The first kappa shape index (κ1) is 17.7. The van der Waals surface area contributed by atoms with Crippen LogP contribution in [0, 0.1) is 0 Å². The molecule has 1 heterocycles. The van der Waals surface area contributed by atoms with E-state index >= 15 is 0 Å². The summed E-state index contributed by atoms with van der Waals surface area (Å²) in [6.07, 6.45) is 0. The number of H-pyrrole nitrogens is 1. The molecule has 0 spiro atoms. The molecule has 2 rings (SSSR count). The summed E-state index contributed by atoms with van der Waals surface area (Å²) < 4.78 is 10.4. The van der Waals surface area contributed by atoms with Crippen LogP contribution in [0.3, 0.4) is 0 Å². The number of aromatic amines is 1. The Kier molecular flexibility index (Phi) is 6.61. The zero-order chi connectivity index (χ0) is 15.2. The van der Waals surface area contributed by atoms with Gasteiger partial charge in [-0.25, -0.2) is 0 Å². The highest BCUT2D eigenvalue weighted by atomic mass is 35.5. The van der Waals surface area contributed by atoms with Gasteiger partial charge in [0.25, 0.3) is 0 Å². The van der Waals surface area contributed by atoms with Crippen molar-refractivity contribution in [2.24, 2.45) is 0 Å². The van der Waals surface area contributed by atoms with Gasteiger partial charge in [0.1, 0.15) is 11.5 Å². The molecule has 0 saturated carbocycles. The predicted octanol–water partition coefficient (Wildman–Crippen LogP) is 1.07. The summed E-state index contributed by atoms with van der Waals surface area (Å²) in [5.74, 6) is 1.76. The number of aromatic nitrogens is 3. The molecule has 22 heavy (non-hydrogen) atoms. The molecule has 8 nitrogen and oxygen atoms in total. The molecule has 0 bridgehead atoms. The van der Waals surface area contributed by atoms with Crippen molar-refractivity contribution in [2.45, 2.75) is 0 Å². The molecule has 0 aliphatic heterocycles. The number of rotatable bonds is 6. The largest absolute Gasteiger partial charge is 0.497 e. The molecular weight excluding hydrogens is 310 g/mol. The number of ether oxygens (including phenoxy) is 2. The van der Waals surface area contributed by atoms with Gasteiger partial charge in [0, 0.05) is 6.07 Å². The van der Waals surface area contributed by atoms with Gasteiger partial charge in [-0.3, -0.25) is 15.2 Å². The Morgan fingerprint density at radius 2 is 2.09 bits per heavy atom. The molecule has 9 heteroatoms. The van der Waals surface area contributed by atoms with E-state index < -0.39 is 0 Å². The first-order valence-corrected chi connectivity index (χ1v) is 6.27. The molecule has 1 aromatic carbocycles. The lowest BCUT2D eigenvalue weighted by Crippen LogP contribution is -2.25. The van der Waals surface area contributed by atoms with Crippen LogP contribution in [0.2, 0.25) is 0 Å². The second-order valence-electron chi connectivity index (χ2n) is 4.15. The quantitative estimate of drug-likeness (QED) is 0.733. The van der Waals surface area contributed by atoms with Crippen molar-refractivity contribution >= 4 is 24.3 Å². The molecule has 0 saturated heterocycles. The number of anilines is 1. The number of nitrogens with zero attached hydrogens (tertiary/aromatic N) is 2.